The van der Waals surface area contributed by atoms with Gasteiger partial charge in [0.1, 0.15) is 5.75 Å². The Morgan fingerprint density at radius 1 is 1.31 bits per heavy atom. The summed E-state index contributed by atoms with van der Waals surface area (Å²) in [5.41, 5.74) is 1.04. The number of halogens is 1. The summed E-state index contributed by atoms with van der Waals surface area (Å²) in [6, 6.07) is 7.54. The molecule has 2 heteroatoms. The van der Waals surface area contributed by atoms with Crippen LogP contribution in [0.4, 0.5) is 0 Å². The Morgan fingerprint density at radius 3 is 2.46 bits per heavy atom. The van der Waals surface area contributed by atoms with Crippen molar-refractivity contribution in [2.75, 3.05) is 5.33 Å². The second-order valence-corrected chi connectivity index (χ2v) is 4.13. The first-order valence-electron chi connectivity index (χ1n) is 4.50. The molecule has 0 saturated carbocycles. The molecule has 0 aromatic heterocycles. The molecule has 0 aliphatic heterocycles. The normalized spacial score (nSPS) is 15.3. The SMILES string of the molecule is CC(CBr)C(C)c1ccccc1O. The molecule has 72 valence electrons. The number of alkyl halides is 1. The van der Waals surface area contributed by atoms with Crippen LogP contribution in [-0.2, 0) is 0 Å². The maximum atomic E-state index is 9.61. The zero-order valence-corrected chi connectivity index (χ0v) is 9.58. The van der Waals surface area contributed by atoms with E-state index in [4.69, 9.17) is 0 Å². The highest BCUT2D eigenvalue weighted by Gasteiger charge is 2.15. The summed E-state index contributed by atoms with van der Waals surface area (Å²) in [5, 5.41) is 10.6. The van der Waals surface area contributed by atoms with Crippen LogP contribution in [0.15, 0.2) is 24.3 Å². The molecule has 1 N–H and O–H groups in total. The third-order valence-corrected chi connectivity index (χ3v) is 3.55. The van der Waals surface area contributed by atoms with Crippen molar-refractivity contribution in [3.05, 3.63) is 29.8 Å². The second-order valence-electron chi connectivity index (χ2n) is 3.48. The first-order chi connectivity index (χ1) is 6.16. The predicted octanol–water partition coefficient (Wildman–Crippen LogP) is 3.53. The van der Waals surface area contributed by atoms with Crippen LogP contribution in [0, 0.1) is 5.92 Å². The van der Waals surface area contributed by atoms with Crippen molar-refractivity contribution < 1.29 is 5.11 Å². The lowest BCUT2D eigenvalue weighted by molar-refractivity contribution is 0.448. The summed E-state index contributed by atoms with van der Waals surface area (Å²) < 4.78 is 0. The van der Waals surface area contributed by atoms with Gasteiger partial charge < -0.3 is 5.11 Å². The average Bonchev–Trinajstić information content (AvgIpc) is 2.16. The topological polar surface area (TPSA) is 20.2 Å². The highest BCUT2D eigenvalue weighted by Crippen LogP contribution is 2.31. The van der Waals surface area contributed by atoms with Crippen molar-refractivity contribution in [3.63, 3.8) is 0 Å². The van der Waals surface area contributed by atoms with E-state index in [9.17, 15) is 5.11 Å². The lowest BCUT2D eigenvalue weighted by Crippen LogP contribution is -2.07. The van der Waals surface area contributed by atoms with Crippen LogP contribution in [0.1, 0.15) is 25.3 Å². The standard InChI is InChI=1S/C11H15BrO/c1-8(7-12)9(2)10-5-3-4-6-11(10)13/h3-6,8-9,13H,7H2,1-2H3. The van der Waals surface area contributed by atoms with E-state index in [1.54, 1.807) is 6.07 Å². The second kappa shape index (κ2) is 4.66. The van der Waals surface area contributed by atoms with Crippen molar-refractivity contribution in [2.24, 2.45) is 5.92 Å². The lowest BCUT2D eigenvalue weighted by Gasteiger charge is -2.18. The smallest absolute Gasteiger partial charge is 0.119 e. The van der Waals surface area contributed by atoms with Crippen molar-refractivity contribution in [2.45, 2.75) is 19.8 Å². The van der Waals surface area contributed by atoms with E-state index in [2.05, 4.69) is 29.8 Å². The summed E-state index contributed by atoms with van der Waals surface area (Å²) in [6.45, 7) is 4.31. The van der Waals surface area contributed by atoms with Gasteiger partial charge in [0.2, 0.25) is 0 Å². The Bertz CT molecular complexity index is 273. The first kappa shape index (κ1) is 10.6. The number of rotatable bonds is 3. The molecule has 2 atom stereocenters. The van der Waals surface area contributed by atoms with Gasteiger partial charge in [-0.05, 0) is 23.5 Å². The number of phenols is 1. The maximum Gasteiger partial charge on any atom is 0.119 e. The predicted molar refractivity (Wildman–Crippen MR) is 59.5 cm³/mol. The molecule has 0 saturated heterocycles. The molecule has 0 heterocycles. The monoisotopic (exact) mass is 242 g/mol. The Labute approximate surface area is 87.9 Å². The van der Waals surface area contributed by atoms with Gasteiger partial charge >= 0.3 is 0 Å². The molecule has 2 unspecified atom stereocenters. The maximum absolute atomic E-state index is 9.61. The summed E-state index contributed by atoms with van der Waals surface area (Å²) in [6.07, 6.45) is 0. The zero-order valence-electron chi connectivity index (χ0n) is 8.00. The number of para-hydroxylation sites is 1. The minimum atomic E-state index is 0.389. The molecule has 0 aliphatic carbocycles. The summed E-state index contributed by atoms with van der Waals surface area (Å²) in [4.78, 5) is 0. The largest absolute Gasteiger partial charge is 0.508 e. The van der Waals surface area contributed by atoms with Crippen LogP contribution in [0.2, 0.25) is 0 Å². The van der Waals surface area contributed by atoms with Crippen molar-refractivity contribution >= 4 is 15.9 Å². The third kappa shape index (κ3) is 2.47. The van der Waals surface area contributed by atoms with Gasteiger partial charge in [0.25, 0.3) is 0 Å². The zero-order chi connectivity index (χ0) is 9.84. The van der Waals surface area contributed by atoms with Crippen LogP contribution < -0.4 is 0 Å². The number of hydrogen-bond acceptors (Lipinski definition) is 1. The minimum Gasteiger partial charge on any atom is -0.508 e. The molecule has 1 rings (SSSR count). The fourth-order valence-electron chi connectivity index (χ4n) is 1.31. The molecule has 0 fully saturated rings. The van der Waals surface area contributed by atoms with Crippen LogP contribution >= 0.6 is 15.9 Å². The fraction of sp³-hybridized carbons (Fsp3) is 0.455. The Kier molecular flexibility index (Phi) is 3.79. The van der Waals surface area contributed by atoms with E-state index >= 15 is 0 Å². The molecule has 0 aliphatic rings. The molecular formula is C11H15BrO. The van der Waals surface area contributed by atoms with Crippen LogP contribution in [0.3, 0.4) is 0 Å². The van der Waals surface area contributed by atoms with Crippen molar-refractivity contribution in [1.82, 2.24) is 0 Å². The molecular weight excluding hydrogens is 228 g/mol. The van der Waals surface area contributed by atoms with Gasteiger partial charge in [-0.2, -0.15) is 0 Å². The van der Waals surface area contributed by atoms with Gasteiger partial charge in [-0.15, -0.1) is 0 Å². The molecule has 0 spiro atoms. The number of phenolic OH excluding ortho intramolecular Hbond substituents is 1. The number of hydrogen-bond donors (Lipinski definition) is 1. The van der Waals surface area contributed by atoms with E-state index in [0.717, 1.165) is 10.9 Å². The van der Waals surface area contributed by atoms with Crippen LogP contribution in [0.25, 0.3) is 0 Å². The van der Waals surface area contributed by atoms with Crippen molar-refractivity contribution in [3.8, 4) is 5.75 Å². The molecule has 1 aromatic rings. The summed E-state index contributed by atoms with van der Waals surface area (Å²) in [7, 11) is 0. The van der Waals surface area contributed by atoms with Gasteiger partial charge in [0.05, 0.1) is 0 Å². The quantitative estimate of drug-likeness (QED) is 0.805. The molecule has 13 heavy (non-hydrogen) atoms. The van der Waals surface area contributed by atoms with E-state index in [-0.39, 0.29) is 0 Å². The van der Waals surface area contributed by atoms with Gasteiger partial charge in [-0.1, -0.05) is 48.0 Å². The van der Waals surface area contributed by atoms with E-state index in [1.807, 2.05) is 18.2 Å². The highest BCUT2D eigenvalue weighted by atomic mass is 79.9. The Hall–Kier alpha value is -0.500. The fourth-order valence-corrected chi connectivity index (χ4v) is 1.87. The minimum absolute atomic E-state index is 0.389. The molecule has 0 radical (unpaired) electrons. The van der Waals surface area contributed by atoms with Crippen LogP contribution in [-0.4, -0.2) is 10.4 Å². The molecule has 1 aromatic carbocycles. The lowest BCUT2D eigenvalue weighted by atomic mass is 9.90. The number of aromatic hydroxyl groups is 1. The molecule has 0 bridgehead atoms. The van der Waals surface area contributed by atoms with Gasteiger partial charge in [-0.3, -0.25) is 0 Å². The van der Waals surface area contributed by atoms with Crippen molar-refractivity contribution in [1.29, 1.82) is 0 Å². The summed E-state index contributed by atoms with van der Waals surface area (Å²) >= 11 is 3.46. The van der Waals surface area contributed by atoms with Gasteiger partial charge in [0, 0.05) is 5.33 Å². The Balaban J connectivity index is 2.88. The van der Waals surface area contributed by atoms with E-state index in [0.29, 0.717) is 17.6 Å². The van der Waals surface area contributed by atoms with Crippen LogP contribution in [0.5, 0.6) is 5.75 Å². The third-order valence-electron chi connectivity index (χ3n) is 2.52. The van der Waals surface area contributed by atoms with Gasteiger partial charge in [0.15, 0.2) is 0 Å². The summed E-state index contributed by atoms with van der Waals surface area (Å²) in [5.74, 6) is 1.33. The van der Waals surface area contributed by atoms with E-state index < -0.39 is 0 Å². The van der Waals surface area contributed by atoms with E-state index in [1.165, 1.54) is 0 Å². The Morgan fingerprint density at radius 2 is 1.92 bits per heavy atom. The van der Waals surface area contributed by atoms with Gasteiger partial charge in [-0.25, -0.2) is 0 Å². The average molecular weight is 243 g/mol. The molecule has 0 amide bonds. The first-order valence-corrected chi connectivity index (χ1v) is 5.62. The molecule has 1 nitrogen and oxygen atoms in total. The number of benzene rings is 1. The highest BCUT2D eigenvalue weighted by molar-refractivity contribution is 9.09.